The Bertz CT molecular complexity index is 872. The molecule has 0 heterocycles. The van der Waals surface area contributed by atoms with Crippen molar-refractivity contribution in [2.45, 2.75) is 285 Å². The minimum Gasteiger partial charge on any atom is -0.462 e. The van der Waals surface area contributed by atoms with Gasteiger partial charge in [0.2, 0.25) is 0 Å². The topological polar surface area (TPSA) is 78.9 Å². The molecule has 0 radical (unpaired) electrons. The van der Waals surface area contributed by atoms with E-state index in [0.717, 1.165) is 69.6 Å². The van der Waals surface area contributed by atoms with Gasteiger partial charge in [-0.05, 0) is 31.1 Å². The van der Waals surface area contributed by atoms with Gasteiger partial charge in [0.05, 0.1) is 0 Å². The molecule has 2 atom stereocenters. The molecule has 0 aliphatic heterocycles. The highest BCUT2D eigenvalue weighted by Gasteiger charge is 2.19. The van der Waals surface area contributed by atoms with E-state index >= 15 is 0 Å². The molecular formula is C51H98O6. The number of unbranched alkanes of at least 4 members (excludes halogenated alkanes) is 29. The Labute approximate surface area is 355 Å². The lowest BCUT2D eigenvalue weighted by molar-refractivity contribution is -0.167. The van der Waals surface area contributed by atoms with E-state index in [2.05, 4.69) is 34.6 Å². The minimum absolute atomic E-state index is 0.0646. The number of rotatable bonds is 45. The lowest BCUT2D eigenvalue weighted by atomic mass is 9.99. The molecule has 0 aliphatic carbocycles. The molecule has 57 heavy (non-hydrogen) atoms. The third-order valence-electron chi connectivity index (χ3n) is 11.8. The van der Waals surface area contributed by atoms with Crippen molar-refractivity contribution in [2.24, 2.45) is 11.8 Å². The largest absolute Gasteiger partial charge is 0.462 e. The average Bonchev–Trinajstić information content (AvgIpc) is 3.19. The lowest BCUT2D eigenvalue weighted by Crippen LogP contribution is -2.30. The van der Waals surface area contributed by atoms with Crippen molar-refractivity contribution in [3.05, 3.63) is 0 Å². The fourth-order valence-corrected chi connectivity index (χ4v) is 7.60. The van der Waals surface area contributed by atoms with E-state index < -0.39 is 6.10 Å². The second-order valence-electron chi connectivity index (χ2n) is 18.2. The van der Waals surface area contributed by atoms with Crippen molar-refractivity contribution in [2.75, 3.05) is 13.2 Å². The first-order valence-corrected chi connectivity index (χ1v) is 25.3. The van der Waals surface area contributed by atoms with Gasteiger partial charge in [-0.1, -0.05) is 240 Å². The van der Waals surface area contributed by atoms with Gasteiger partial charge in [-0.15, -0.1) is 0 Å². The summed E-state index contributed by atoms with van der Waals surface area (Å²) in [6.45, 7) is 11.4. The first-order valence-electron chi connectivity index (χ1n) is 25.3. The summed E-state index contributed by atoms with van der Waals surface area (Å²) >= 11 is 0. The van der Waals surface area contributed by atoms with Crippen LogP contribution in [0.25, 0.3) is 0 Å². The van der Waals surface area contributed by atoms with Crippen LogP contribution in [0, 0.1) is 11.8 Å². The number of ether oxygens (including phenoxy) is 3. The first-order chi connectivity index (χ1) is 27.8. The van der Waals surface area contributed by atoms with Crippen molar-refractivity contribution in [3.63, 3.8) is 0 Å². The van der Waals surface area contributed by atoms with E-state index in [1.165, 1.54) is 167 Å². The Balaban J connectivity index is 4.33. The summed E-state index contributed by atoms with van der Waals surface area (Å²) in [5, 5.41) is 0. The van der Waals surface area contributed by atoms with Gasteiger partial charge in [0.15, 0.2) is 6.10 Å². The Morgan fingerprint density at radius 3 is 1.00 bits per heavy atom. The normalized spacial score (nSPS) is 12.5. The molecule has 1 unspecified atom stereocenters. The maximum atomic E-state index is 12.8. The van der Waals surface area contributed by atoms with Crippen LogP contribution in [0.5, 0.6) is 0 Å². The molecule has 0 aromatic rings. The molecule has 0 spiro atoms. The van der Waals surface area contributed by atoms with Crippen LogP contribution < -0.4 is 0 Å². The maximum Gasteiger partial charge on any atom is 0.306 e. The fourth-order valence-electron chi connectivity index (χ4n) is 7.60. The van der Waals surface area contributed by atoms with Crippen LogP contribution in [-0.2, 0) is 28.6 Å². The summed E-state index contributed by atoms with van der Waals surface area (Å²) in [6, 6.07) is 0. The second-order valence-corrected chi connectivity index (χ2v) is 18.2. The zero-order chi connectivity index (χ0) is 41.9. The van der Waals surface area contributed by atoms with Crippen molar-refractivity contribution in [3.8, 4) is 0 Å². The summed E-state index contributed by atoms with van der Waals surface area (Å²) in [4.78, 5) is 37.9. The van der Waals surface area contributed by atoms with E-state index in [1.807, 2.05) is 0 Å². The van der Waals surface area contributed by atoms with E-state index in [4.69, 9.17) is 14.2 Å². The third-order valence-corrected chi connectivity index (χ3v) is 11.8. The van der Waals surface area contributed by atoms with E-state index in [1.54, 1.807) is 0 Å². The summed E-state index contributed by atoms with van der Waals surface area (Å²) in [5.74, 6) is 0.804. The number of carbonyl (C=O) groups excluding carboxylic acids is 3. The van der Waals surface area contributed by atoms with Crippen molar-refractivity contribution in [1.29, 1.82) is 0 Å². The second kappa shape index (κ2) is 44.0. The minimum atomic E-state index is -0.761. The Morgan fingerprint density at radius 1 is 0.368 bits per heavy atom. The summed E-state index contributed by atoms with van der Waals surface area (Å²) in [6.07, 6.45) is 43.7. The maximum absolute atomic E-state index is 12.8. The van der Waals surface area contributed by atoms with Gasteiger partial charge in [0, 0.05) is 19.3 Å². The molecule has 0 saturated carbocycles. The van der Waals surface area contributed by atoms with Crippen LogP contribution in [0.4, 0.5) is 0 Å². The van der Waals surface area contributed by atoms with E-state index in [-0.39, 0.29) is 31.1 Å². The zero-order valence-electron chi connectivity index (χ0n) is 39.0. The predicted octanol–water partition coefficient (Wildman–Crippen LogP) is 16.1. The number of hydrogen-bond acceptors (Lipinski definition) is 6. The molecule has 0 rings (SSSR count). The molecule has 0 amide bonds. The molecule has 0 bridgehead atoms. The average molecular weight is 807 g/mol. The van der Waals surface area contributed by atoms with Crippen molar-refractivity contribution < 1.29 is 28.6 Å². The van der Waals surface area contributed by atoms with Crippen molar-refractivity contribution in [1.82, 2.24) is 0 Å². The van der Waals surface area contributed by atoms with E-state index in [0.29, 0.717) is 19.3 Å². The highest BCUT2D eigenvalue weighted by molar-refractivity contribution is 5.71. The number of hydrogen-bond donors (Lipinski definition) is 0. The monoisotopic (exact) mass is 807 g/mol. The van der Waals surface area contributed by atoms with Crippen LogP contribution in [0.1, 0.15) is 279 Å². The van der Waals surface area contributed by atoms with Gasteiger partial charge in [-0.3, -0.25) is 14.4 Å². The van der Waals surface area contributed by atoms with Crippen LogP contribution in [0.2, 0.25) is 0 Å². The van der Waals surface area contributed by atoms with Crippen LogP contribution >= 0.6 is 0 Å². The number of esters is 3. The van der Waals surface area contributed by atoms with Gasteiger partial charge in [0.1, 0.15) is 13.2 Å². The van der Waals surface area contributed by atoms with Gasteiger partial charge in [-0.2, -0.15) is 0 Å². The molecule has 0 aromatic heterocycles. The van der Waals surface area contributed by atoms with Crippen LogP contribution in [0.15, 0.2) is 0 Å². The summed E-state index contributed by atoms with van der Waals surface area (Å²) in [5.41, 5.74) is 0. The SMILES string of the molecule is CCCCCCCCCCCCCCCCCC(=O)O[C@@H](COC(=O)CCCCCCCCCCCC(C)C)COC(=O)CCCCCCCCCCC(C)CC. The molecule has 0 saturated heterocycles. The molecular weight excluding hydrogens is 709 g/mol. The molecule has 6 nitrogen and oxygen atoms in total. The lowest BCUT2D eigenvalue weighted by Gasteiger charge is -2.18. The predicted molar refractivity (Wildman–Crippen MR) is 243 cm³/mol. The molecule has 0 aromatic carbocycles. The molecule has 0 N–H and O–H groups in total. The van der Waals surface area contributed by atoms with Gasteiger partial charge >= 0.3 is 17.9 Å². The fraction of sp³-hybridized carbons (Fsp3) is 0.941. The highest BCUT2D eigenvalue weighted by Crippen LogP contribution is 2.17. The highest BCUT2D eigenvalue weighted by atomic mass is 16.6. The quantitative estimate of drug-likeness (QED) is 0.0346. The molecule has 0 aliphatic rings. The number of carbonyl (C=O) groups is 3. The Kier molecular flexibility index (Phi) is 42.7. The van der Waals surface area contributed by atoms with Gasteiger partial charge < -0.3 is 14.2 Å². The Hall–Kier alpha value is -1.59. The standard InChI is InChI=1S/C51H98O6/c1-6-8-9-10-11-12-13-14-15-16-17-20-28-33-38-43-51(54)57-48(44-55-49(52)41-36-31-26-21-18-19-24-29-34-39-46(3)4)45-56-50(53)42-37-32-27-23-22-25-30-35-40-47(5)7-2/h46-48H,6-45H2,1-5H3/t47?,48-/m0/s1. The third kappa shape index (κ3) is 43.8. The molecule has 338 valence electrons. The van der Waals surface area contributed by atoms with Crippen LogP contribution in [0.3, 0.4) is 0 Å². The smallest absolute Gasteiger partial charge is 0.306 e. The van der Waals surface area contributed by atoms with E-state index in [9.17, 15) is 14.4 Å². The summed E-state index contributed by atoms with van der Waals surface area (Å²) < 4.78 is 16.8. The molecule has 0 fully saturated rings. The van der Waals surface area contributed by atoms with Crippen molar-refractivity contribution >= 4 is 17.9 Å². The van der Waals surface area contributed by atoms with Gasteiger partial charge in [0.25, 0.3) is 0 Å². The zero-order valence-corrected chi connectivity index (χ0v) is 39.0. The van der Waals surface area contributed by atoms with Crippen LogP contribution in [-0.4, -0.2) is 37.2 Å². The summed E-state index contributed by atoms with van der Waals surface area (Å²) in [7, 11) is 0. The Morgan fingerprint density at radius 2 is 0.667 bits per heavy atom. The van der Waals surface area contributed by atoms with Gasteiger partial charge in [-0.25, -0.2) is 0 Å². The first kappa shape index (κ1) is 55.4. The molecule has 6 heteroatoms.